The average molecular weight is 459 g/mol. The van der Waals surface area contributed by atoms with E-state index in [2.05, 4.69) is 89.5 Å². The van der Waals surface area contributed by atoms with Gasteiger partial charge in [0.05, 0.1) is 11.0 Å². The predicted molar refractivity (Wildman–Crippen MR) is 148 cm³/mol. The molecular formula is C33H18N2O. The molecule has 8 aromatic rings. The number of hydrogen-bond acceptors (Lipinski definition) is 2. The lowest BCUT2D eigenvalue weighted by molar-refractivity contribution is 0.669. The van der Waals surface area contributed by atoms with Gasteiger partial charge < -0.3 is 4.42 Å². The number of nitrogens with zero attached hydrogens (tertiary/aromatic N) is 2. The Morgan fingerprint density at radius 2 is 1.33 bits per heavy atom. The van der Waals surface area contributed by atoms with Crippen molar-refractivity contribution in [1.29, 1.82) is 0 Å². The van der Waals surface area contributed by atoms with Crippen LogP contribution in [-0.2, 0) is 0 Å². The maximum atomic E-state index is 6.34. The highest BCUT2D eigenvalue weighted by molar-refractivity contribution is 6.31. The fraction of sp³-hybridized carbons (Fsp3) is 0. The molecule has 3 aromatic heterocycles. The lowest BCUT2D eigenvalue weighted by Crippen LogP contribution is -1.97. The predicted octanol–water partition coefficient (Wildman–Crippen LogP) is 8.88. The smallest absolute Gasteiger partial charge is 0.137 e. The van der Waals surface area contributed by atoms with Crippen LogP contribution in [0.5, 0.6) is 0 Å². The number of para-hydroxylation sites is 1. The largest absolute Gasteiger partial charge is 0.456 e. The summed E-state index contributed by atoms with van der Waals surface area (Å²) in [5.41, 5.74) is 9.14. The SMILES string of the molecule is c1ccc(-n2c3cccc4c3c3c5c(cccc5ccc32)-c2cc3c(cc2-4)oc2ccccc23)nc1. The van der Waals surface area contributed by atoms with Gasteiger partial charge in [0, 0.05) is 27.7 Å². The van der Waals surface area contributed by atoms with Gasteiger partial charge in [0.1, 0.15) is 17.0 Å². The van der Waals surface area contributed by atoms with Gasteiger partial charge in [-0.15, -0.1) is 0 Å². The normalized spacial score (nSPS) is 12.4. The number of fused-ring (bicyclic) bond motifs is 6. The van der Waals surface area contributed by atoms with Gasteiger partial charge in [0.25, 0.3) is 0 Å². The van der Waals surface area contributed by atoms with E-state index < -0.39 is 0 Å². The minimum atomic E-state index is 0.922. The molecule has 0 bridgehead atoms. The van der Waals surface area contributed by atoms with Gasteiger partial charge in [-0.25, -0.2) is 4.98 Å². The summed E-state index contributed by atoms with van der Waals surface area (Å²) >= 11 is 0. The van der Waals surface area contributed by atoms with Crippen LogP contribution in [0.25, 0.3) is 82.6 Å². The zero-order valence-electron chi connectivity index (χ0n) is 19.2. The van der Waals surface area contributed by atoms with Gasteiger partial charge in [0.2, 0.25) is 0 Å². The topological polar surface area (TPSA) is 31.0 Å². The van der Waals surface area contributed by atoms with Crippen molar-refractivity contribution in [2.75, 3.05) is 0 Å². The number of aromatic nitrogens is 2. The summed E-state index contributed by atoms with van der Waals surface area (Å²) in [4.78, 5) is 4.73. The molecule has 0 unspecified atom stereocenters. The molecule has 1 aliphatic rings. The van der Waals surface area contributed by atoms with Crippen LogP contribution in [-0.4, -0.2) is 9.55 Å². The molecule has 0 aliphatic heterocycles. The van der Waals surface area contributed by atoms with E-state index in [0.717, 1.165) is 27.8 Å². The molecule has 0 radical (unpaired) electrons. The third-order valence-corrected chi connectivity index (χ3v) is 7.77. The first-order valence-corrected chi connectivity index (χ1v) is 12.2. The van der Waals surface area contributed by atoms with Crippen LogP contribution in [0.2, 0.25) is 0 Å². The molecule has 1 aliphatic carbocycles. The van der Waals surface area contributed by atoms with E-state index in [4.69, 9.17) is 9.40 Å². The van der Waals surface area contributed by atoms with Gasteiger partial charge in [-0.3, -0.25) is 4.57 Å². The molecule has 0 N–H and O–H groups in total. The van der Waals surface area contributed by atoms with E-state index >= 15 is 0 Å². The number of pyridine rings is 1. The molecule has 166 valence electrons. The van der Waals surface area contributed by atoms with Crippen molar-refractivity contribution in [3.63, 3.8) is 0 Å². The molecule has 3 heteroatoms. The fourth-order valence-electron chi connectivity index (χ4n) is 6.33. The van der Waals surface area contributed by atoms with Crippen molar-refractivity contribution < 1.29 is 4.42 Å². The van der Waals surface area contributed by atoms with Gasteiger partial charge >= 0.3 is 0 Å². The summed E-state index contributed by atoms with van der Waals surface area (Å²) in [7, 11) is 0. The van der Waals surface area contributed by atoms with E-state index in [-0.39, 0.29) is 0 Å². The second kappa shape index (κ2) is 6.41. The van der Waals surface area contributed by atoms with Crippen LogP contribution < -0.4 is 0 Å². The highest BCUT2D eigenvalue weighted by Crippen LogP contribution is 2.50. The zero-order chi connectivity index (χ0) is 23.4. The standard InChI is InChI=1S/C33H18N2O/c1-2-12-28-20(8-1)25-17-23-21-9-5-7-19-14-15-27-33(31(19)21)32-22(24(23)18-29(25)36-28)10-6-11-26(32)35(27)30-13-3-4-16-34-30/h1-18H. The van der Waals surface area contributed by atoms with E-state index in [9.17, 15) is 0 Å². The second-order valence-corrected chi connectivity index (χ2v) is 9.58. The summed E-state index contributed by atoms with van der Waals surface area (Å²) in [5.74, 6) is 0.931. The summed E-state index contributed by atoms with van der Waals surface area (Å²) < 4.78 is 8.64. The zero-order valence-corrected chi connectivity index (χ0v) is 19.2. The van der Waals surface area contributed by atoms with Crippen molar-refractivity contribution in [3.05, 3.63) is 109 Å². The Kier molecular flexibility index (Phi) is 3.28. The Labute approximate surface area is 205 Å². The third kappa shape index (κ3) is 2.16. The maximum Gasteiger partial charge on any atom is 0.137 e. The molecule has 0 saturated heterocycles. The molecule has 36 heavy (non-hydrogen) atoms. The Balaban J connectivity index is 1.55. The third-order valence-electron chi connectivity index (χ3n) is 7.77. The van der Waals surface area contributed by atoms with Crippen molar-refractivity contribution >= 4 is 54.5 Å². The van der Waals surface area contributed by atoms with E-state index in [1.54, 1.807) is 0 Å². The van der Waals surface area contributed by atoms with Gasteiger partial charge in [-0.1, -0.05) is 60.7 Å². The highest BCUT2D eigenvalue weighted by Gasteiger charge is 2.26. The highest BCUT2D eigenvalue weighted by atomic mass is 16.3. The van der Waals surface area contributed by atoms with E-state index in [1.807, 2.05) is 24.4 Å². The van der Waals surface area contributed by atoms with Crippen molar-refractivity contribution in [2.24, 2.45) is 0 Å². The fourth-order valence-corrected chi connectivity index (χ4v) is 6.33. The molecule has 0 spiro atoms. The first-order chi connectivity index (χ1) is 17.9. The Bertz CT molecular complexity index is 2200. The Hall–Kier alpha value is -4.89. The molecule has 9 rings (SSSR count). The average Bonchev–Trinajstić information content (AvgIpc) is 3.44. The summed E-state index contributed by atoms with van der Waals surface area (Å²) in [6.45, 7) is 0. The molecule has 0 fully saturated rings. The Morgan fingerprint density at radius 3 is 2.25 bits per heavy atom. The molecule has 3 nitrogen and oxygen atoms in total. The van der Waals surface area contributed by atoms with E-state index in [1.165, 1.54) is 54.8 Å². The lowest BCUT2D eigenvalue weighted by Gasteiger charge is -2.13. The van der Waals surface area contributed by atoms with Crippen LogP contribution in [0.3, 0.4) is 0 Å². The Morgan fingerprint density at radius 1 is 0.528 bits per heavy atom. The summed E-state index contributed by atoms with van der Waals surface area (Å²) in [5, 5.41) is 7.42. The van der Waals surface area contributed by atoms with Crippen molar-refractivity contribution in [3.8, 4) is 28.1 Å². The first kappa shape index (κ1) is 18.4. The summed E-state index contributed by atoms with van der Waals surface area (Å²) in [6, 6.07) is 36.8. The molecule has 3 heterocycles. The van der Waals surface area contributed by atoms with Crippen LogP contribution in [0.15, 0.2) is 114 Å². The van der Waals surface area contributed by atoms with Crippen LogP contribution >= 0.6 is 0 Å². The van der Waals surface area contributed by atoms with Crippen molar-refractivity contribution in [1.82, 2.24) is 9.55 Å². The molecular weight excluding hydrogens is 440 g/mol. The lowest BCUT2D eigenvalue weighted by atomic mass is 9.92. The molecule has 0 saturated carbocycles. The van der Waals surface area contributed by atoms with Crippen LogP contribution in [0.4, 0.5) is 0 Å². The van der Waals surface area contributed by atoms with E-state index in [0.29, 0.717) is 0 Å². The maximum absolute atomic E-state index is 6.34. The minimum Gasteiger partial charge on any atom is -0.456 e. The first-order valence-electron chi connectivity index (χ1n) is 12.2. The van der Waals surface area contributed by atoms with Gasteiger partial charge in [-0.05, 0) is 75.5 Å². The quantitative estimate of drug-likeness (QED) is 0.246. The monoisotopic (exact) mass is 458 g/mol. The van der Waals surface area contributed by atoms with Gasteiger partial charge in [0.15, 0.2) is 0 Å². The summed E-state index contributed by atoms with van der Waals surface area (Å²) in [6.07, 6.45) is 1.86. The van der Waals surface area contributed by atoms with Crippen LogP contribution in [0.1, 0.15) is 0 Å². The second-order valence-electron chi connectivity index (χ2n) is 9.58. The molecule has 0 amide bonds. The molecule has 5 aromatic carbocycles. The number of furan rings is 1. The van der Waals surface area contributed by atoms with Crippen molar-refractivity contribution in [2.45, 2.75) is 0 Å². The minimum absolute atomic E-state index is 0.922. The number of hydrogen-bond donors (Lipinski definition) is 0. The van der Waals surface area contributed by atoms with Crippen LogP contribution in [0, 0.1) is 0 Å². The molecule has 0 atom stereocenters. The van der Waals surface area contributed by atoms with Gasteiger partial charge in [-0.2, -0.15) is 0 Å². The number of benzene rings is 5. The number of rotatable bonds is 1.